The van der Waals surface area contributed by atoms with Crippen molar-refractivity contribution in [1.29, 1.82) is 0 Å². The molecular weight excluding hydrogens is 388 g/mol. The van der Waals surface area contributed by atoms with Gasteiger partial charge in [-0.25, -0.2) is 0 Å². The quantitative estimate of drug-likeness (QED) is 0.534. The lowest BCUT2D eigenvalue weighted by Crippen LogP contribution is -2.14. The molecule has 0 aliphatic carbocycles. The largest absolute Gasteiger partial charge is 0.494 e. The summed E-state index contributed by atoms with van der Waals surface area (Å²) < 4.78 is 13.2. The van der Waals surface area contributed by atoms with Crippen LogP contribution < -0.4 is 14.8 Å². The van der Waals surface area contributed by atoms with Gasteiger partial charge in [0.2, 0.25) is 5.91 Å². The SMILES string of the molecule is CCOc1ccc(NC(=O)CSc2nnc([C@@H](C)Oc3ccccc3)n2C)cc1. The van der Waals surface area contributed by atoms with Gasteiger partial charge in [0.05, 0.1) is 12.4 Å². The highest BCUT2D eigenvalue weighted by Gasteiger charge is 2.18. The smallest absolute Gasteiger partial charge is 0.234 e. The third kappa shape index (κ3) is 5.74. The minimum Gasteiger partial charge on any atom is -0.494 e. The highest BCUT2D eigenvalue weighted by atomic mass is 32.2. The number of amides is 1. The Balaban J connectivity index is 1.53. The van der Waals surface area contributed by atoms with Crippen LogP contribution in [0.25, 0.3) is 0 Å². The maximum atomic E-state index is 12.2. The molecule has 0 fully saturated rings. The normalized spacial score (nSPS) is 11.7. The summed E-state index contributed by atoms with van der Waals surface area (Å²) in [4.78, 5) is 12.2. The molecule has 0 spiro atoms. The molecule has 0 aliphatic heterocycles. The average Bonchev–Trinajstić information content (AvgIpc) is 3.09. The standard InChI is InChI=1S/C21H24N4O3S/c1-4-27-17-12-10-16(11-13-17)22-19(26)14-29-21-24-23-20(25(21)3)15(2)28-18-8-6-5-7-9-18/h5-13,15H,4,14H2,1-3H3,(H,22,26)/t15-/m1/s1. The molecule has 1 amide bonds. The van der Waals surface area contributed by atoms with Crippen LogP contribution in [0.3, 0.4) is 0 Å². The molecule has 1 heterocycles. The third-order valence-corrected chi connectivity index (χ3v) is 5.09. The number of hydrogen-bond acceptors (Lipinski definition) is 6. The first-order valence-electron chi connectivity index (χ1n) is 9.33. The van der Waals surface area contributed by atoms with Crippen LogP contribution in [0.1, 0.15) is 25.8 Å². The van der Waals surface area contributed by atoms with E-state index < -0.39 is 0 Å². The first kappa shape index (κ1) is 20.7. The fourth-order valence-electron chi connectivity index (χ4n) is 2.69. The Morgan fingerprint density at radius 1 is 1.10 bits per heavy atom. The zero-order chi connectivity index (χ0) is 20.6. The van der Waals surface area contributed by atoms with Gasteiger partial charge in [-0.05, 0) is 50.2 Å². The van der Waals surface area contributed by atoms with Crippen molar-refractivity contribution in [1.82, 2.24) is 14.8 Å². The molecule has 0 saturated carbocycles. The van der Waals surface area contributed by atoms with E-state index in [1.54, 1.807) is 0 Å². The lowest BCUT2D eigenvalue weighted by Gasteiger charge is -2.14. The zero-order valence-electron chi connectivity index (χ0n) is 16.7. The van der Waals surface area contributed by atoms with Crippen molar-refractivity contribution < 1.29 is 14.3 Å². The number of aromatic nitrogens is 3. The van der Waals surface area contributed by atoms with Crippen LogP contribution in [0.15, 0.2) is 59.8 Å². The van der Waals surface area contributed by atoms with E-state index in [-0.39, 0.29) is 17.8 Å². The summed E-state index contributed by atoms with van der Waals surface area (Å²) >= 11 is 1.33. The van der Waals surface area contributed by atoms with Gasteiger partial charge in [-0.15, -0.1) is 10.2 Å². The molecule has 1 aromatic heterocycles. The van der Waals surface area contributed by atoms with Crippen LogP contribution in [-0.2, 0) is 11.8 Å². The van der Waals surface area contributed by atoms with E-state index in [2.05, 4.69) is 15.5 Å². The molecule has 2 aromatic carbocycles. The van der Waals surface area contributed by atoms with Crippen molar-refractivity contribution in [2.75, 3.05) is 17.7 Å². The van der Waals surface area contributed by atoms with Crippen LogP contribution in [0.2, 0.25) is 0 Å². The Morgan fingerprint density at radius 2 is 1.83 bits per heavy atom. The number of carbonyl (C=O) groups is 1. The fraction of sp³-hybridized carbons (Fsp3) is 0.286. The highest BCUT2D eigenvalue weighted by molar-refractivity contribution is 7.99. The number of rotatable bonds is 9. The summed E-state index contributed by atoms with van der Waals surface area (Å²) in [7, 11) is 1.87. The summed E-state index contributed by atoms with van der Waals surface area (Å²) in [5, 5.41) is 11.9. The summed E-state index contributed by atoms with van der Waals surface area (Å²) in [6, 6.07) is 16.9. The van der Waals surface area contributed by atoms with Crippen molar-refractivity contribution in [2.24, 2.45) is 7.05 Å². The average molecular weight is 413 g/mol. The van der Waals surface area contributed by atoms with Gasteiger partial charge in [0.1, 0.15) is 11.5 Å². The maximum absolute atomic E-state index is 12.2. The Labute approximate surface area is 174 Å². The van der Waals surface area contributed by atoms with E-state index in [9.17, 15) is 4.79 Å². The second-order valence-corrected chi connectivity index (χ2v) is 7.21. The molecule has 1 N–H and O–H groups in total. The van der Waals surface area contributed by atoms with Crippen LogP contribution in [-0.4, -0.2) is 33.0 Å². The van der Waals surface area contributed by atoms with Gasteiger partial charge in [0.25, 0.3) is 0 Å². The molecule has 3 aromatic rings. The molecule has 29 heavy (non-hydrogen) atoms. The zero-order valence-corrected chi connectivity index (χ0v) is 17.5. The molecule has 152 valence electrons. The Bertz CT molecular complexity index is 929. The number of para-hydroxylation sites is 1. The van der Waals surface area contributed by atoms with Crippen LogP contribution in [0, 0.1) is 0 Å². The molecule has 0 saturated heterocycles. The van der Waals surface area contributed by atoms with Crippen molar-refractivity contribution in [3.63, 3.8) is 0 Å². The van der Waals surface area contributed by atoms with E-state index in [0.717, 1.165) is 17.2 Å². The van der Waals surface area contributed by atoms with Crippen LogP contribution >= 0.6 is 11.8 Å². The number of benzene rings is 2. The van der Waals surface area contributed by atoms with E-state index in [1.807, 2.05) is 80.1 Å². The molecule has 0 bridgehead atoms. The molecule has 0 radical (unpaired) electrons. The third-order valence-electron chi connectivity index (χ3n) is 4.07. The topological polar surface area (TPSA) is 78.3 Å². The Kier molecular flexibility index (Phi) is 7.13. The minimum atomic E-state index is -0.262. The minimum absolute atomic E-state index is 0.114. The number of hydrogen-bond donors (Lipinski definition) is 1. The number of nitrogens with one attached hydrogen (secondary N) is 1. The van der Waals surface area contributed by atoms with Gasteiger partial charge in [0.15, 0.2) is 17.1 Å². The summed E-state index contributed by atoms with van der Waals surface area (Å²) in [5.41, 5.74) is 0.725. The first-order valence-corrected chi connectivity index (χ1v) is 10.3. The van der Waals surface area contributed by atoms with Gasteiger partial charge in [-0.1, -0.05) is 30.0 Å². The number of ether oxygens (including phenoxy) is 2. The van der Waals surface area contributed by atoms with Gasteiger partial charge < -0.3 is 19.4 Å². The Morgan fingerprint density at radius 3 is 2.52 bits per heavy atom. The fourth-order valence-corrected chi connectivity index (χ4v) is 3.41. The van der Waals surface area contributed by atoms with Crippen molar-refractivity contribution in [2.45, 2.75) is 25.1 Å². The summed E-state index contributed by atoms with van der Waals surface area (Å²) in [5.74, 6) is 2.36. The first-order chi connectivity index (χ1) is 14.1. The van der Waals surface area contributed by atoms with Crippen molar-refractivity contribution in [3.8, 4) is 11.5 Å². The van der Waals surface area contributed by atoms with Gasteiger partial charge in [0, 0.05) is 12.7 Å². The van der Waals surface area contributed by atoms with Crippen molar-refractivity contribution >= 4 is 23.4 Å². The van der Waals surface area contributed by atoms with E-state index >= 15 is 0 Å². The van der Waals surface area contributed by atoms with Crippen molar-refractivity contribution in [3.05, 3.63) is 60.4 Å². The number of anilines is 1. The Hall–Kier alpha value is -3.00. The van der Waals surface area contributed by atoms with Gasteiger partial charge in [-0.2, -0.15) is 0 Å². The van der Waals surface area contributed by atoms with E-state index in [0.29, 0.717) is 17.6 Å². The molecule has 3 rings (SSSR count). The van der Waals surface area contributed by atoms with E-state index in [1.165, 1.54) is 11.8 Å². The maximum Gasteiger partial charge on any atom is 0.234 e. The predicted molar refractivity (Wildman–Crippen MR) is 113 cm³/mol. The lowest BCUT2D eigenvalue weighted by atomic mass is 10.3. The number of carbonyl (C=O) groups excluding carboxylic acids is 1. The monoisotopic (exact) mass is 412 g/mol. The molecule has 0 unspecified atom stereocenters. The second kappa shape index (κ2) is 9.97. The van der Waals surface area contributed by atoms with Gasteiger partial charge in [-0.3, -0.25) is 4.79 Å². The van der Waals surface area contributed by atoms with Crippen LogP contribution in [0.4, 0.5) is 5.69 Å². The highest BCUT2D eigenvalue weighted by Crippen LogP contribution is 2.23. The predicted octanol–water partition coefficient (Wildman–Crippen LogP) is 4.08. The van der Waals surface area contributed by atoms with Crippen LogP contribution in [0.5, 0.6) is 11.5 Å². The molecule has 7 nitrogen and oxygen atoms in total. The molecule has 8 heteroatoms. The lowest BCUT2D eigenvalue weighted by molar-refractivity contribution is -0.113. The molecular formula is C21H24N4O3S. The second-order valence-electron chi connectivity index (χ2n) is 6.27. The number of nitrogens with zero attached hydrogens (tertiary/aromatic N) is 3. The number of thioether (sulfide) groups is 1. The summed E-state index contributed by atoms with van der Waals surface area (Å²) in [6.45, 7) is 4.46. The molecule has 0 aliphatic rings. The van der Waals surface area contributed by atoms with Gasteiger partial charge >= 0.3 is 0 Å². The molecule has 1 atom stereocenters. The summed E-state index contributed by atoms with van der Waals surface area (Å²) in [6.07, 6.45) is -0.262. The van der Waals surface area contributed by atoms with E-state index in [4.69, 9.17) is 9.47 Å².